The zero-order valence-corrected chi connectivity index (χ0v) is 14.3. The van der Waals surface area contributed by atoms with E-state index in [1.54, 1.807) is 0 Å². The maximum atomic E-state index is 12.1. The molecule has 1 aromatic heterocycles. The summed E-state index contributed by atoms with van der Waals surface area (Å²) < 4.78 is 4.88. The van der Waals surface area contributed by atoms with E-state index in [9.17, 15) is 14.4 Å². The van der Waals surface area contributed by atoms with Gasteiger partial charge in [0.1, 0.15) is 5.00 Å². The van der Waals surface area contributed by atoms with Crippen LogP contribution in [-0.4, -0.2) is 29.9 Å². The molecule has 7 heteroatoms. The maximum Gasteiger partial charge on any atom is 0.341 e. The summed E-state index contributed by atoms with van der Waals surface area (Å²) in [5, 5.41) is 3.21. The van der Waals surface area contributed by atoms with Gasteiger partial charge < -0.3 is 10.1 Å². The first-order chi connectivity index (χ1) is 10.5. The van der Waals surface area contributed by atoms with Crippen molar-refractivity contribution >= 4 is 45.1 Å². The highest BCUT2D eigenvalue weighted by molar-refractivity contribution is 8.14. The smallest absolute Gasteiger partial charge is 0.341 e. The lowest BCUT2D eigenvalue weighted by Gasteiger charge is -2.07. The van der Waals surface area contributed by atoms with E-state index in [1.165, 1.54) is 25.4 Å². The lowest BCUT2D eigenvalue weighted by molar-refractivity contribution is -0.114. The molecule has 0 atom stereocenters. The van der Waals surface area contributed by atoms with Crippen LogP contribution in [0.2, 0.25) is 0 Å². The molecule has 0 saturated carbocycles. The number of thioether (sulfide) groups is 1. The number of hydrogen-bond donors (Lipinski definition) is 1. The number of esters is 1. The molecule has 1 N–H and O–H groups in total. The number of anilines is 1. The molecule has 1 aliphatic rings. The van der Waals surface area contributed by atoms with E-state index in [-0.39, 0.29) is 16.8 Å². The Hall–Kier alpha value is -1.34. The standard InChI is InChI=1S/C15H19NO4S2/c1-9(17)21-8-12(18)16-14-13(15(19)20-2)10-6-4-3-5-7-11(10)22-14/h3-8H2,1-2H3,(H,16,18). The number of nitrogens with one attached hydrogen (secondary N) is 1. The molecule has 0 fully saturated rings. The molecular weight excluding hydrogens is 322 g/mol. The van der Waals surface area contributed by atoms with Crippen LogP contribution in [0.1, 0.15) is 47.0 Å². The van der Waals surface area contributed by atoms with Crippen LogP contribution in [0.3, 0.4) is 0 Å². The molecule has 1 aliphatic carbocycles. The van der Waals surface area contributed by atoms with Crippen LogP contribution in [0.15, 0.2) is 0 Å². The fourth-order valence-electron chi connectivity index (χ4n) is 2.48. The molecule has 5 nitrogen and oxygen atoms in total. The highest BCUT2D eigenvalue weighted by atomic mass is 32.2. The van der Waals surface area contributed by atoms with Gasteiger partial charge in [-0.1, -0.05) is 18.2 Å². The summed E-state index contributed by atoms with van der Waals surface area (Å²) >= 11 is 2.41. The van der Waals surface area contributed by atoms with Crippen LogP contribution in [0.25, 0.3) is 0 Å². The van der Waals surface area contributed by atoms with Crippen molar-refractivity contribution in [3.8, 4) is 0 Å². The Kier molecular flexibility index (Phi) is 6.02. The summed E-state index contributed by atoms with van der Waals surface area (Å²) in [6.07, 6.45) is 5.07. The van der Waals surface area contributed by atoms with Gasteiger partial charge in [0.05, 0.1) is 18.4 Å². The monoisotopic (exact) mass is 341 g/mol. The average molecular weight is 341 g/mol. The van der Waals surface area contributed by atoms with Gasteiger partial charge in [-0.3, -0.25) is 9.59 Å². The van der Waals surface area contributed by atoms with Crippen LogP contribution in [0.4, 0.5) is 5.00 Å². The Morgan fingerprint density at radius 2 is 1.95 bits per heavy atom. The summed E-state index contributed by atoms with van der Waals surface area (Å²) in [6, 6.07) is 0. The highest BCUT2D eigenvalue weighted by Gasteiger charge is 2.26. The molecule has 120 valence electrons. The van der Waals surface area contributed by atoms with Gasteiger partial charge in [-0.15, -0.1) is 11.3 Å². The maximum absolute atomic E-state index is 12.1. The van der Waals surface area contributed by atoms with Gasteiger partial charge in [-0.2, -0.15) is 0 Å². The van der Waals surface area contributed by atoms with Crippen molar-refractivity contribution in [1.82, 2.24) is 0 Å². The molecule has 1 heterocycles. The number of carbonyl (C=O) groups is 3. The first kappa shape index (κ1) is 17.0. The van der Waals surface area contributed by atoms with E-state index in [2.05, 4.69) is 5.32 Å². The topological polar surface area (TPSA) is 72.5 Å². The minimum absolute atomic E-state index is 0.0541. The number of rotatable bonds is 4. The Morgan fingerprint density at radius 3 is 2.64 bits per heavy atom. The number of amides is 1. The minimum Gasteiger partial charge on any atom is -0.465 e. The summed E-state index contributed by atoms with van der Waals surface area (Å²) in [7, 11) is 1.35. The molecular formula is C15H19NO4S2. The third-order valence-corrected chi connectivity index (χ3v) is 5.49. The number of ether oxygens (including phenoxy) is 1. The van der Waals surface area contributed by atoms with Crippen molar-refractivity contribution in [2.24, 2.45) is 0 Å². The second-order valence-electron chi connectivity index (χ2n) is 5.09. The third-order valence-electron chi connectivity index (χ3n) is 3.47. The normalized spacial score (nSPS) is 13.9. The second kappa shape index (κ2) is 7.78. The Bertz CT molecular complexity index is 595. The van der Waals surface area contributed by atoms with Crippen LogP contribution >= 0.6 is 23.1 Å². The van der Waals surface area contributed by atoms with Crippen molar-refractivity contribution < 1.29 is 19.1 Å². The average Bonchev–Trinajstić information content (AvgIpc) is 2.66. The largest absolute Gasteiger partial charge is 0.465 e. The Balaban J connectivity index is 2.24. The Labute approximate surface area is 137 Å². The Morgan fingerprint density at radius 1 is 1.23 bits per heavy atom. The molecule has 0 saturated heterocycles. The van der Waals surface area contributed by atoms with Crippen molar-refractivity contribution in [2.75, 3.05) is 18.2 Å². The van der Waals surface area contributed by atoms with Gasteiger partial charge in [0, 0.05) is 11.8 Å². The van der Waals surface area contributed by atoms with Crippen LogP contribution in [0, 0.1) is 0 Å². The molecule has 0 bridgehead atoms. The van der Waals surface area contributed by atoms with Crippen LogP contribution < -0.4 is 5.32 Å². The van der Waals surface area contributed by atoms with Crippen molar-refractivity contribution in [1.29, 1.82) is 0 Å². The summed E-state index contributed by atoms with van der Waals surface area (Å²) in [5.41, 5.74) is 1.51. The van der Waals surface area contributed by atoms with E-state index < -0.39 is 5.97 Å². The lowest BCUT2D eigenvalue weighted by Crippen LogP contribution is -2.17. The van der Waals surface area contributed by atoms with Gasteiger partial charge in [-0.25, -0.2) is 4.79 Å². The van der Waals surface area contributed by atoms with Crippen LogP contribution in [-0.2, 0) is 27.2 Å². The van der Waals surface area contributed by atoms with Gasteiger partial charge in [0.25, 0.3) is 0 Å². The fourth-order valence-corrected chi connectivity index (χ4v) is 4.18. The zero-order chi connectivity index (χ0) is 16.1. The molecule has 0 aliphatic heterocycles. The van der Waals surface area contributed by atoms with Gasteiger partial charge in [0.15, 0.2) is 5.12 Å². The number of aryl methyl sites for hydroxylation is 1. The fraction of sp³-hybridized carbons (Fsp3) is 0.533. The molecule has 1 amide bonds. The number of methoxy groups -OCH3 is 1. The second-order valence-corrected chi connectivity index (χ2v) is 7.35. The van der Waals surface area contributed by atoms with Gasteiger partial charge in [-0.05, 0) is 31.2 Å². The summed E-state index contributed by atoms with van der Waals surface area (Å²) in [4.78, 5) is 36.1. The minimum atomic E-state index is -0.408. The van der Waals surface area contributed by atoms with E-state index in [4.69, 9.17) is 4.74 Å². The molecule has 0 spiro atoms. The van der Waals surface area contributed by atoms with E-state index >= 15 is 0 Å². The summed E-state index contributed by atoms with van der Waals surface area (Å²) in [6.45, 7) is 1.42. The predicted molar refractivity (Wildman–Crippen MR) is 88.7 cm³/mol. The van der Waals surface area contributed by atoms with E-state index in [1.807, 2.05) is 0 Å². The zero-order valence-electron chi connectivity index (χ0n) is 12.7. The molecule has 0 unspecified atom stereocenters. The highest BCUT2D eigenvalue weighted by Crippen LogP contribution is 2.37. The van der Waals surface area contributed by atoms with Gasteiger partial charge in [0.2, 0.25) is 5.91 Å². The number of fused-ring (bicyclic) bond motifs is 1. The van der Waals surface area contributed by atoms with Crippen molar-refractivity contribution in [3.05, 3.63) is 16.0 Å². The number of hydrogen-bond acceptors (Lipinski definition) is 6. The number of carbonyl (C=O) groups excluding carboxylic acids is 3. The third kappa shape index (κ3) is 4.10. The molecule has 0 radical (unpaired) electrons. The van der Waals surface area contributed by atoms with E-state index in [0.29, 0.717) is 10.6 Å². The molecule has 1 aromatic rings. The quantitative estimate of drug-likeness (QED) is 0.673. The van der Waals surface area contributed by atoms with Crippen molar-refractivity contribution in [3.63, 3.8) is 0 Å². The SMILES string of the molecule is COC(=O)c1c(NC(=O)CSC(C)=O)sc2c1CCCCC2. The first-order valence-electron chi connectivity index (χ1n) is 7.19. The van der Waals surface area contributed by atoms with E-state index in [0.717, 1.165) is 54.3 Å². The van der Waals surface area contributed by atoms with Crippen molar-refractivity contribution in [2.45, 2.75) is 39.0 Å². The van der Waals surface area contributed by atoms with Crippen LogP contribution in [0.5, 0.6) is 0 Å². The first-order valence-corrected chi connectivity index (χ1v) is 8.99. The predicted octanol–water partition coefficient (Wildman–Crippen LogP) is 3.02. The molecule has 0 aromatic carbocycles. The molecule has 2 rings (SSSR count). The van der Waals surface area contributed by atoms with Gasteiger partial charge >= 0.3 is 5.97 Å². The number of thiophene rings is 1. The molecule has 22 heavy (non-hydrogen) atoms. The lowest BCUT2D eigenvalue weighted by atomic mass is 10.1. The summed E-state index contributed by atoms with van der Waals surface area (Å²) in [5.74, 6) is -0.630.